The Morgan fingerprint density at radius 3 is 2.88 bits per heavy atom. The Balaban J connectivity index is 2.41. The summed E-state index contributed by atoms with van der Waals surface area (Å²) in [4.78, 5) is 3.30. The third-order valence-corrected chi connectivity index (χ3v) is 2.98. The molecule has 3 heteroatoms. The van der Waals surface area contributed by atoms with Gasteiger partial charge < -0.3 is 15.8 Å². The van der Waals surface area contributed by atoms with Crippen LogP contribution < -0.4 is 5.73 Å². The average molecular weight is 218 g/mol. The number of benzene rings is 1. The van der Waals surface area contributed by atoms with Crippen molar-refractivity contribution in [1.29, 1.82) is 0 Å². The molecule has 0 spiro atoms. The van der Waals surface area contributed by atoms with E-state index in [1.807, 2.05) is 6.20 Å². The molecule has 2 rings (SSSR count). The molecule has 0 bridgehead atoms. The Labute approximate surface area is 95.3 Å². The van der Waals surface area contributed by atoms with Crippen LogP contribution in [0.2, 0.25) is 0 Å². The number of nitrogens with one attached hydrogen (secondary N) is 1. The van der Waals surface area contributed by atoms with Gasteiger partial charge >= 0.3 is 0 Å². The highest BCUT2D eigenvalue weighted by molar-refractivity contribution is 5.86. The lowest BCUT2D eigenvalue weighted by Crippen LogP contribution is -2.26. The van der Waals surface area contributed by atoms with E-state index in [1.165, 1.54) is 22.0 Å². The van der Waals surface area contributed by atoms with Crippen LogP contribution in [-0.2, 0) is 12.8 Å². The van der Waals surface area contributed by atoms with Crippen molar-refractivity contribution in [3.8, 4) is 0 Å². The third-order valence-electron chi connectivity index (χ3n) is 2.98. The molecular weight excluding hydrogens is 200 g/mol. The molecule has 0 amide bonds. The Kier molecular flexibility index (Phi) is 3.27. The van der Waals surface area contributed by atoms with Gasteiger partial charge in [0.1, 0.15) is 0 Å². The number of fused-ring (bicyclic) bond motifs is 1. The Morgan fingerprint density at radius 2 is 2.19 bits per heavy atom. The molecule has 0 unspecified atom stereocenters. The van der Waals surface area contributed by atoms with Crippen LogP contribution in [0.5, 0.6) is 0 Å². The first-order chi connectivity index (χ1) is 7.76. The first kappa shape index (κ1) is 11.2. The summed E-state index contributed by atoms with van der Waals surface area (Å²) in [6.07, 6.45) is 3.73. The predicted octanol–water partition coefficient (Wildman–Crippen LogP) is 1.59. The van der Waals surface area contributed by atoms with Gasteiger partial charge in [0, 0.05) is 23.1 Å². The molecule has 3 nitrogen and oxygen atoms in total. The second-order valence-electron chi connectivity index (χ2n) is 4.15. The van der Waals surface area contributed by atoms with E-state index in [4.69, 9.17) is 10.8 Å². The number of para-hydroxylation sites is 1. The van der Waals surface area contributed by atoms with Gasteiger partial charge in [-0.15, -0.1) is 0 Å². The number of H-pyrrole nitrogens is 1. The first-order valence-corrected chi connectivity index (χ1v) is 5.70. The summed E-state index contributed by atoms with van der Waals surface area (Å²) in [6.45, 7) is 2.18. The predicted molar refractivity (Wildman–Crippen MR) is 66.4 cm³/mol. The standard InChI is InChI=1S/C13H18N2O/c1-2-9-4-3-5-12-10(6-11(14)8-16)7-15-13(9)12/h3-5,7,11,15-16H,2,6,8,14H2,1H3/t11-/m0/s1. The smallest absolute Gasteiger partial charge is 0.0585 e. The second kappa shape index (κ2) is 4.68. The zero-order chi connectivity index (χ0) is 11.5. The number of aliphatic hydroxyl groups is 1. The van der Waals surface area contributed by atoms with Gasteiger partial charge in [0.05, 0.1) is 6.61 Å². The SMILES string of the molecule is CCc1cccc2c(C[C@H](N)CO)c[nH]c12. The van der Waals surface area contributed by atoms with Crippen molar-refractivity contribution in [3.63, 3.8) is 0 Å². The monoisotopic (exact) mass is 218 g/mol. The van der Waals surface area contributed by atoms with Crippen molar-refractivity contribution in [2.75, 3.05) is 6.61 Å². The number of aryl methyl sites for hydroxylation is 1. The van der Waals surface area contributed by atoms with Gasteiger partial charge in [-0.05, 0) is 24.0 Å². The van der Waals surface area contributed by atoms with Gasteiger partial charge in [-0.25, -0.2) is 0 Å². The fourth-order valence-corrected chi connectivity index (χ4v) is 2.09. The Bertz CT molecular complexity index is 476. The molecule has 1 heterocycles. The molecular formula is C13H18N2O. The van der Waals surface area contributed by atoms with Crippen LogP contribution in [0.15, 0.2) is 24.4 Å². The van der Waals surface area contributed by atoms with Crippen LogP contribution in [0.4, 0.5) is 0 Å². The van der Waals surface area contributed by atoms with Gasteiger partial charge in [0.15, 0.2) is 0 Å². The second-order valence-corrected chi connectivity index (χ2v) is 4.15. The Morgan fingerprint density at radius 1 is 1.38 bits per heavy atom. The lowest BCUT2D eigenvalue weighted by atomic mass is 10.0. The largest absolute Gasteiger partial charge is 0.395 e. The van der Waals surface area contributed by atoms with E-state index in [-0.39, 0.29) is 12.6 Å². The van der Waals surface area contributed by atoms with Crippen molar-refractivity contribution in [2.45, 2.75) is 25.8 Å². The number of nitrogens with two attached hydrogens (primary N) is 1. The van der Waals surface area contributed by atoms with Crippen LogP contribution in [0.1, 0.15) is 18.1 Å². The maximum absolute atomic E-state index is 8.97. The van der Waals surface area contributed by atoms with Crippen molar-refractivity contribution >= 4 is 10.9 Å². The van der Waals surface area contributed by atoms with E-state index in [9.17, 15) is 0 Å². The zero-order valence-electron chi connectivity index (χ0n) is 9.53. The summed E-state index contributed by atoms with van der Waals surface area (Å²) >= 11 is 0. The molecule has 0 fully saturated rings. The Hall–Kier alpha value is -1.32. The lowest BCUT2D eigenvalue weighted by Gasteiger charge is -2.06. The molecule has 0 saturated carbocycles. The van der Waals surface area contributed by atoms with E-state index in [0.29, 0.717) is 6.42 Å². The minimum Gasteiger partial charge on any atom is -0.395 e. The van der Waals surface area contributed by atoms with Crippen LogP contribution in [0.3, 0.4) is 0 Å². The van der Waals surface area contributed by atoms with E-state index >= 15 is 0 Å². The van der Waals surface area contributed by atoms with E-state index in [2.05, 4.69) is 30.1 Å². The highest BCUT2D eigenvalue weighted by Gasteiger charge is 2.09. The number of aromatic nitrogens is 1. The molecule has 16 heavy (non-hydrogen) atoms. The molecule has 1 aromatic heterocycles. The molecule has 0 saturated heterocycles. The molecule has 86 valence electrons. The van der Waals surface area contributed by atoms with Gasteiger partial charge in [-0.3, -0.25) is 0 Å². The average Bonchev–Trinajstić information content (AvgIpc) is 2.72. The van der Waals surface area contributed by atoms with Gasteiger partial charge in [0.2, 0.25) is 0 Å². The number of rotatable bonds is 4. The van der Waals surface area contributed by atoms with E-state index in [0.717, 1.165) is 6.42 Å². The minimum absolute atomic E-state index is 0.0279. The molecule has 2 aromatic rings. The van der Waals surface area contributed by atoms with Crippen molar-refractivity contribution < 1.29 is 5.11 Å². The van der Waals surface area contributed by atoms with Crippen LogP contribution >= 0.6 is 0 Å². The summed E-state index contributed by atoms with van der Waals surface area (Å²) in [5, 5.41) is 10.2. The molecule has 0 aliphatic heterocycles. The topological polar surface area (TPSA) is 62.0 Å². The summed E-state index contributed by atoms with van der Waals surface area (Å²) in [7, 11) is 0. The molecule has 0 radical (unpaired) electrons. The first-order valence-electron chi connectivity index (χ1n) is 5.70. The molecule has 1 aromatic carbocycles. The van der Waals surface area contributed by atoms with Crippen LogP contribution in [-0.4, -0.2) is 22.7 Å². The number of hydrogen-bond acceptors (Lipinski definition) is 2. The molecule has 0 aliphatic carbocycles. The van der Waals surface area contributed by atoms with Gasteiger partial charge in [-0.1, -0.05) is 25.1 Å². The molecule has 1 atom stereocenters. The summed E-state index contributed by atoms with van der Waals surface area (Å²) in [5.74, 6) is 0. The highest BCUT2D eigenvalue weighted by atomic mass is 16.3. The number of aromatic amines is 1. The maximum Gasteiger partial charge on any atom is 0.0585 e. The fraction of sp³-hybridized carbons (Fsp3) is 0.385. The number of hydrogen-bond donors (Lipinski definition) is 3. The molecule has 0 aliphatic rings. The van der Waals surface area contributed by atoms with Crippen LogP contribution in [0, 0.1) is 0 Å². The van der Waals surface area contributed by atoms with Crippen molar-refractivity contribution in [3.05, 3.63) is 35.5 Å². The van der Waals surface area contributed by atoms with Crippen molar-refractivity contribution in [1.82, 2.24) is 4.98 Å². The van der Waals surface area contributed by atoms with E-state index in [1.54, 1.807) is 0 Å². The lowest BCUT2D eigenvalue weighted by molar-refractivity contribution is 0.265. The summed E-state index contributed by atoms with van der Waals surface area (Å²) in [5.41, 5.74) is 9.47. The number of aliphatic hydroxyl groups excluding tert-OH is 1. The maximum atomic E-state index is 8.97. The summed E-state index contributed by atoms with van der Waals surface area (Å²) in [6, 6.07) is 6.13. The molecule has 4 N–H and O–H groups in total. The zero-order valence-corrected chi connectivity index (χ0v) is 9.53. The third kappa shape index (κ3) is 1.96. The minimum atomic E-state index is -0.177. The summed E-state index contributed by atoms with van der Waals surface area (Å²) < 4.78 is 0. The van der Waals surface area contributed by atoms with Gasteiger partial charge in [0.25, 0.3) is 0 Å². The fourth-order valence-electron chi connectivity index (χ4n) is 2.09. The van der Waals surface area contributed by atoms with Crippen molar-refractivity contribution in [2.24, 2.45) is 5.73 Å². The normalized spacial score (nSPS) is 13.2. The van der Waals surface area contributed by atoms with Gasteiger partial charge in [-0.2, -0.15) is 0 Å². The van der Waals surface area contributed by atoms with Crippen LogP contribution in [0.25, 0.3) is 10.9 Å². The van der Waals surface area contributed by atoms with E-state index < -0.39 is 0 Å². The quantitative estimate of drug-likeness (QED) is 0.729. The highest BCUT2D eigenvalue weighted by Crippen LogP contribution is 2.22.